The number of hydrogen-bond acceptors (Lipinski definition) is 4. The van der Waals surface area contributed by atoms with Crippen molar-refractivity contribution >= 4 is 12.0 Å². The Morgan fingerprint density at radius 3 is 2.23 bits per heavy atom. The first-order valence-corrected chi connectivity index (χ1v) is 11.2. The van der Waals surface area contributed by atoms with E-state index in [1.807, 2.05) is 37.3 Å². The van der Waals surface area contributed by atoms with Gasteiger partial charge in [-0.3, -0.25) is 4.79 Å². The molecule has 1 aromatic carbocycles. The van der Waals surface area contributed by atoms with Gasteiger partial charge in [-0.15, -0.1) is 0 Å². The number of carbonyl (C=O) groups is 2. The van der Waals surface area contributed by atoms with Crippen LogP contribution in [0.2, 0.25) is 0 Å². The predicted molar refractivity (Wildman–Crippen MR) is 118 cm³/mol. The average Bonchev–Trinajstić information content (AvgIpc) is 2.65. The van der Waals surface area contributed by atoms with Crippen LogP contribution in [0.15, 0.2) is 30.3 Å². The van der Waals surface area contributed by atoms with E-state index < -0.39 is 23.8 Å². The maximum atomic E-state index is 13.1. The largest absolute Gasteiger partial charge is 0.444 e. The van der Waals surface area contributed by atoms with Crippen molar-refractivity contribution in [2.75, 3.05) is 0 Å². The van der Waals surface area contributed by atoms with E-state index in [0.29, 0.717) is 6.61 Å². The minimum absolute atomic E-state index is 0.141. The third-order valence-electron chi connectivity index (χ3n) is 5.23. The molecule has 0 saturated heterocycles. The van der Waals surface area contributed by atoms with Gasteiger partial charge in [0.05, 0.1) is 12.7 Å². The molecule has 1 saturated carbocycles. The summed E-state index contributed by atoms with van der Waals surface area (Å²) in [6.07, 6.45) is 6.76. The molecule has 6 heteroatoms. The molecule has 0 spiro atoms. The molecule has 30 heavy (non-hydrogen) atoms. The number of carbonyl (C=O) groups excluding carboxylic acids is 2. The van der Waals surface area contributed by atoms with Gasteiger partial charge in [-0.05, 0) is 46.1 Å². The SMILES string of the molecule is C[C@H](OCc1ccccc1)[C@H](NC(=O)OC(C)(C)C)C(=O)NC1CCCCCCC1. The summed E-state index contributed by atoms with van der Waals surface area (Å²) in [6.45, 7) is 7.57. The van der Waals surface area contributed by atoms with Crippen LogP contribution in [0.25, 0.3) is 0 Å². The number of rotatable bonds is 7. The summed E-state index contributed by atoms with van der Waals surface area (Å²) in [5.41, 5.74) is 0.375. The number of ether oxygens (including phenoxy) is 2. The first kappa shape index (κ1) is 24.2. The van der Waals surface area contributed by atoms with Gasteiger partial charge in [-0.25, -0.2) is 4.79 Å². The van der Waals surface area contributed by atoms with E-state index in [4.69, 9.17) is 9.47 Å². The van der Waals surface area contributed by atoms with E-state index >= 15 is 0 Å². The van der Waals surface area contributed by atoms with Crippen molar-refractivity contribution in [1.29, 1.82) is 0 Å². The maximum Gasteiger partial charge on any atom is 0.408 e. The number of nitrogens with one attached hydrogen (secondary N) is 2. The van der Waals surface area contributed by atoms with Gasteiger partial charge in [0, 0.05) is 6.04 Å². The van der Waals surface area contributed by atoms with Crippen molar-refractivity contribution < 1.29 is 19.1 Å². The van der Waals surface area contributed by atoms with Crippen LogP contribution in [0.1, 0.15) is 78.2 Å². The molecule has 2 rings (SSSR count). The van der Waals surface area contributed by atoms with Crippen molar-refractivity contribution in [3.05, 3.63) is 35.9 Å². The van der Waals surface area contributed by atoms with Gasteiger partial charge >= 0.3 is 6.09 Å². The molecule has 0 heterocycles. The zero-order chi connectivity index (χ0) is 22.0. The lowest BCUT2D eigenvalue weighted by molar-refractivity contribution is -0.128. The van der Waals surface area contributed by atoms with Crippen molar-refractivity contribution in [3.63, 3.8) is 0 Å². The molecular formula is C24H38N2O4. The minimum Gasteiger partial charge on any atom is -0.444 e. The number of amides is 2. The molecule has 0 bridgehead atoms. The Kier molecular flexibility index (Phi) is 9.63. The average molecular weight is 419 g/mol. The molecule has 6 nitrogen and oxygen atoms in total. The van der Waals surface area contributed by atoms with Crippen LogP contribution in [0, 0.1) is 0 Å². The highest BCUT2D eigenvalue weighted by molar-refractivity contribution is 5.86. The van der Waals surface area contributed by atoms with E-state index in [1.54, 1.807) is 20.8 Å². The molecular weight excluding hydrogens is 380 g/mol. The second-order valence-electron chi connectivity index (χ2n) is 9.18. The van der Waals surface area contributed by atoms with Gasteiger partial charge in [-0.2, -0.15) is 0 Å². The van der Waals surface area contributed by atoms with Crippen molar-refractivity contribution in [3.8, 4) is 0 Å². The molecule has 1 aliphatic carbocycles. The smallest absolute Gasteiger partial charge is 0.408 e. The van der Waals surface area contributed by atoms with E-state index in [9.17, 15) is 9.59 Å². The van der Waals surface area contributed by atoms with Crippen LogP contribution in [0.4, 0.5) is 4.79 Å². The fourth-order valence-corrected chi connectivity index (χ4v) is 3.62. The maximum absolute atomic E-state index is 13.1. The lowest BCUT2D eigenvalue weighted by atomic mass is 9.96. The van der Waals surface area contributed by atoms with Crippen LogP contribution < -0.4 is 10.6 Å². The highest BCUT2D eigenvalue weighted by atomic mass is 16.6. The molecule has 2 atom stereocenters. The van der Waals surface area contributed by atoms with E-state index in [-0.39, 0.29) is 11.9 Å². The van der Waals surface area contributed by atoms with Crippen LogP contribution in [0.5, 0.6) is 0 Å². The zero-order valence-electron chi connectivity index (χ0n) is 18.9. The first-order valence-electron chi connectivity index (χ1n) is 11.2. The molecule has 0 aromatic heterocycles. The Bertz CT molecular complexity index is 649. The lowest BCUT2D eigenvalue weighted by Gasteiger charge is -2.29. The molecule has 1 aliphatic rings. The molecule has 2 amide bonds. The fraction of sp³-hybridized carbons (Fsp3) is 0.667. The van der Waals surface area contributed by atoms with Crippen LogP contribution in [-0.2, 0) is 20.9 Å². The fourth-order valence-electron chi connectivity index (χ4n) is 3.62. The Morgan fingerprint density at radius 1 is 1.03 bits per heavy atom. The normalized spacial score (nSPS) is 17.9. The van der Waals surface area contributed by atoms with Crippen LogP contribution in [0.3, 0.4) is 0 Å². The molecule has 2 N–H and O–H groups in total. The Balaban J connectivity index is 2.02. The second kappa shape index (κ2) is 11.9. The van der Waals surface area contributed by atoms with E-state index in [1.165, 1.54) is 19.3 Å². The van der Waals surface area contributed by atoms with Gasteiger partial charge < -0.3 is 20.1 Å². The summed E-state index contributed by atoms with van der Waals surface area (Å²) in [7, 11) is 0. The molecule has 1 fully saturated rings. The van der Waals surface area contributed by atoms with Crippen molar-refractivity contribution in [2.45, 2.75) is 103 Å². The van der Waals surface area contributed by atoms with Gasteiger partial charge in [-0.1, -0.05) is 62.4 Å². The highest BCUT2D eigenvalue weighted by Gasteiger charge is 2.31. The minimum atomic E-state index is -0.825. The van der Waals surface area contributed by atoms with Crippen LogP contribution >= 0.6 is 0 Å². The lowest BCUT2D eigenvalue weighted by Crippen LogP contribution is -2.55. The monoisotopic (exact) mass is 418 g/mol. The number of hydrogen-bond donors (Lipinski definition) is 2. The quantitative estimate of drug-likeness (QED) is 0.672. The summed E-state index contributed by atoms with van der Waals surface area (Å²) in [5, 5.41) is 5.87. The third kappa shape index (κ3) is 9.16. The Labute approximate surface area is 181 Å². The third-order valence-corrected chi connectivity index (χ3v) is 5.23. The van der Waals surface area contributed by atoms with Gasteiger partial charge in [0.1, 0.15) is 11.6 Å². The summed E-state index contributed by atoms with van der Waals surface area (Å²) in [4.78, 5) is 25.5. The Hall–Kier alpha value is -2.08. The Morgan fingerprint density at radius 2 is 1.63 bits per heavy atom. The summed E-state index contributed by atoms with van der Waals surface area (Å²) in [5.74, 6) is -0.216. The summed E-state index contributed by atoms with van der Waals surface area (Å²) < 4.78 is 11.3. The first-order chi connectivity index (χ1) is 14.2. The predicted octanol–water partition coefficient (Wildman–Crippen LogP) is 4.71. The molecule has 0 aliphatic heterocycles. The van der Waals surface area contributed by atoms with Crippen molar-refractivity contribution in [2.24, 2.45) is 0 Å². The zero-order valence-corrected chi connectivity index (χ0v) is 18.9. The molecule has 168 valence electrons. The van der Waals surface area contributed by atoms with E-state index in [2.05, 4.69) is 10.6 Å². The topological polar surface area (TPSA) is 76.7 Å². The van der Waals surface area contributed by atoms with Gasteiger partial charge in [0.25, 0.3) is 0 Å². The number of benzene rings is 1. The van der Waals surface area contributed by atoms with E-state index in [0.717, 1.165) is 31.2 Å². The molecule has 0 unspecified atom stereocenters. The second-order valence-corrected chi connectivity index (χ2v) is 9.18. The number of alkyl carbamates (subject to hydrolysis) is 1. The summed E-state index contributed by atoms with van der Waals surface area (Å²) in [6, 6.07) is 9.09. The van der Waals surface area contributed by atoms with Gasteiger partial charge in [0.15, 0.2) is 0 Å². The molecule has 0 radical (unpaired) electrons. The summed E-state index contributed by atoms with van der Waals surface area (Å²) >= 11 is 0. The molecule has 1 aromatic rings. The van der Waals surface area contributed by atoms with Crippen molar-refractivity contribution in [1.82, 2.24) is 10.6 Å². The van der Waals surface area contributed by atoms with Crippen LogP contribution in [-0.4, -0.2) is 35.8 Å². The highest BCUT2D eigenvalue weighted by Crippen LogP contribution is 2.18. The van der Waals surface area contributed by atoms with Gasteiger partial charge in [0.2, 0.25) is 5.91 Å². The standard InChI is InChI=1S/C24H38N2O4/c1-18(29-17-19-13-9-8-10-14-19)21(26-23(28)30-24(2,3)4)22(27)25-20-15-11-6-5-7-12-16-20/h8-10,13-14,18,20-21H,5-7,11-12,15-17H2,1-4H3,(H,25,27)(H,26,28)/t18-,21-/m0/s1.